The average molecular weight is 253 g/mol. The van der Waals surface area contributed by atoms with Gasteiger partial charge in [0.25, 0.3) is 0 Å². The predicted molar refractivity (Wildman–Crippen MR) is 72.6 cm³/mol. The van der Waals surface area contributed by atoms with Gasteiger partial charge in [0.05, 0.1) is 6.10 Å². The highest BCUT2D eigenvalue weighted by atomic mass is 16.5. The first kappa shape index (κ1) is 12.9. The third kappa shape index (κ3) is 2.44. The summed E-state index contributed by atoms with van der Waals surface area (Å²) in [4.78, 5) is 5.33. The fourth-order valence-electron chi connectivity index (χ4n) is 3.75. The molecule has 2 heterocycles. The van der Waals surface area contributed by atoms with Crippen LogP contribution in [-0.2, 0) is 4.74 Å². The van der Waals surface area contributed by atoms with Gasteiger partial charge in [0.15, 0.2) is 0 Å². The van der Waals surface area contributed by atoms with Crippen molar-refractivity contribution < 1.29 is 4.74 Å². The van der Waals surface area contributed by atoms with E-state index in [4.69, 9.17) is 10.5 Å². The molecule has 0 bridgehead atoms. The number of rotatable bonds is 3. The van der Waals surface area contributed by atoms with Crippen molar-refractivity contribution in [2.24, 2.45) is 5.73 Å². The fourth-order valence-corrected chi connectivity index (χ4v) is 3.75. The normalized spacial score (nSPS) is 40.0. The smallest absolute Gasteiger partial charge is 0.0565 e. The molecule has 0 spiro atoms. The number of nitrogens with zero attached hydrogens (tertiary/aromatic N) is 2. The maximum absolute atomic E-state index is 6.13. The summed E-state index contributed by atoms with van der Waals surface area (Å²) in [7, 11) is 0. The lowest BCUT2D eigenvalue weighted by Crippen LogP contribution is -2.63. The first-order valence-corrected chi connectivity index (χ1v) is 7.54. The lowest BCUT2D eigenvalue weighted by atomic mass is 9.84. The molecule has 4 heteroatoms. The van der Waals surface area contributed by atoms with Gasteiger partial charge in [-0.3, -0.25) is 9.80 Å². The summed E-state index contributed by atoms with van der Waals surface area (Å²) < 4.78 is 5.70. The molecule has 2 atom stereocenters. The second-order valence-corrected chi connectivity index (χ2v) is 6.32. The number of piperazine rings is 1. The van der Waals surface area contributed by atoms with E-state index in [-0.39, 0.29) is 5.54 Å². The highest BCUT2D eigenvalue weighted by Gasteiger charge is 2.42. The van der Waals surface area contributed by atoms with Crippen LogP contribution in [0.5, 0.6) is 0 Å². The number of hydrogen-bond donors (Lipinski definition) is 1. The molecule has 1 aliphatic carbocycles. The van der Waals surface area contributed by atoms with E-state index in [1.54, 1.807) is 0 Å². The molecule has 0 radical (unpaired) electrons. The Bertz CT molecular complexity index is 287. The third-order valence-electron chi connectivity index (χ3n) is 5.07. The van der Waals surface area contributed by atoms with Crippen LogP contribution in [0.25, 0.3) is 0 Å². The van der Waals surface area contributed by atoms with Crippen molar-refractivity contribution in [2.75, 3.05) is 39.3 Å². The van der Waals surface area contributed by atoms with Crippen LogP contribution in [0.3, 0.4) is 0 Å². The van der Waals surface area contributed by atoms with Crippen molar-refractivity contribution >= 4 is 0 Å². The summed E-state index contributed by atoms with van der Waals surface area (Å²) in [6.45, 7) is 8.71. The van der Waals surface area contributed by atoms with Gasteiger partial charge in [-0.1, -0.05) is 0 Å². The lowest BCUT2D eigenvalue weighted by molar-refractivity contribution is -0.0758. The van der Waals surface area contributed by atoms with Gasteiger partial charge in [-0.15, -0.1) is 0 Å². The van der Waals surface area contributed by atoms with Crippen molar-refractivity contribution in [3.05, 3.63) is 0 Å². The van der Waals surface area contributed by atoms with Gasteiger partial charge in [0.2, 0.25) is 0 Å². The molecule has 2 N–H and O–H groups in total. The van der Waals surface area contributed by atoms with Crippen LogP contribution in [0.1, 0.15) is 32.6 Å². The third-order valence-corrected chi connectivity index (χ3v) is 5.07. The molecule has 3 rings (SSSR count). The van der Waals surface area contributed by atoms with Gasteiger partial charge in [-0.2, -0.15) is 0 Å². The van der Waals surface area contributed by atoms with Gasteiger partial charge in [-0.05, 0) is 32.6 Å². The Morgan fingerprint density at radius 2 is 1.94 bits per heavy atom. The minimum Gasteiger partial charge on any atom is -0.378 e. The molecule has 0 aromatic rings. The van der Waals surface area contributed by atoms with Crippen molar-refractivity contribution in [3.63, 3.8) is 0 Å². The van der Waals surface area contributed by atoms with Crippen LogP contribution in [-0.4, -0.2) is 66.8 Å². The van der Waals surface area contributed by atoms with Crippen LogP contribution in [0, 0.1) is 0 Å². The van der Waals surface area contributed by atoms with Gasteiger partial charge >= 0.3 is 0 Å². The van der Waals surface area contributed by atoms with E-state index < -0.39 is 0 Å². The molecule has 0 aromatic carbocycles. The van der Waals surface area contributed by atoms with E-state index in [1.807, 2.05) is 0 Å². The first-order valence-electron chi connectivity index (χ1n) is 7.54. The van der Waals surface area contributed by atoms with Crippen molar-refractivity contribution in [3.8, 4) is 0 Å². The number of ether oxygens (including phenoxy) is 1. The molecule has 2 unspecified atom stereocenters. The van der Waals surface area contributed by atoms with Gasteiger partial charge < -0.3 is 10.5 Å². The molecule has 4 nitrogen and oxygen atoms in total. The standard InChI is InChI=1S/C14H27N3O/c1-12-10-14(11-15,4-9-18-12)17-7-5-16(6-8-17)13-2-3-13/h12-13H,2-11,15H2,1H3. The van der Waals surface area contributed by atoms with Crippen molar-refractivity contribution in [1.29, 1.82) is 0 Å². The maximum Gasteiger partial charge on any atom is 0.0565 e. The van der Waals surface area contributed by atoms with Crippen LogP contribution < -0.4 is 5.73 Å². The highest BCUT2D eigenvalue weighted by molar-refractivity contribution is 4.98. The zero-order chi connectivity index (χ0) is 12.6. The molecule has 18 heavy (non-hydrogen) atoms. The van der Waals surface area contributed by atoms with Crippen LogP contribution in [0.4, 0.5) is 0 Å². The highest BCUT2D eigenvalue weighted by Crippen LogP contribution is 2.33. The Kier molecular flexibility index (Phi) is 3.63. The topological polar surface area (TPSA) is 41.7 Å². The Hall–Kier alpha value is -0.160. The molecule has 3 fully saturated rings. The van der Waals surface area contributed by atoms with Gasteiger partial charge in [0, 0.05) is 50.9 Å². The predicted octanol–water partition coefficient (Wildman–Crippen LogP) is 0.663. The lowest BCUT2D eigenvalue weighted by Gasteiger charge is -2.50. The van der Waals surface area contributed by atoms with Crippen LogP contribution >= 0.6 is 0 Å². The SMILES string of the molecule is CC1CC(CN)(N2CCN(C3CC3)CC2)CCO1. The average Bonchev–Trinajstić information content (AvgIpc) is 3.23. The summed E-state index contributed by atoms with van der Waals surface area (Å²) in [5.41, 5.74) is 6.34. The molecule has 104 valence electrons. The van der Waals surface area contributed by atoms with E-state index in [2.05, 4.69) is 16.7 Å². The largest absolute Gasteiger partial charge is 0.378 e. The van der Waals surface area contributed by atoms with Crippen LogP contribution in [0.15, 0.2) is 0 Å². The van der Waals surface area contributed by atoms with Gasteiger partial charge in [-0.25, -0.2) is 0 Å². The minimum absolute atomic E-state index is 0.216. The Balaban J connectivity index is 1.61. The van der Waals surface area contributed by atoms with E-state index in [1.165, 1.54) is 39.0 Å². The summed E-state index contributed by atoms with van der Waals surface area (Å²) in [6.07, 6.45) is 5.42. The van der Waals surface area contributed by atoms with E-state index >= 15 is 0 Å². The second kappa shape index (κ2) is 5.08. The molecular formula is C14H27N3O. The summed E-state index contributed by atoms with van der Waals surface area (Å²) in [5, 5.41) is 0. The molecule has 2 aliphatic heterocycles. The zero-order valence-electron chi connectivity index (χ0n) is 11.6. The van der Waals surface area contributed by atoms with E-state index in [0.29, 0.717) is 6.10 Å². The van der Waals surface area contributed by atoms with Crippen molar-refractivity contribution in [1.82, 2.24) is 9.80 Å². The molecule has 3 aliphatic rings. The summed E-state index contributed by atoms with van der Waals surface area (Å²) in [6, 6.07) is 0.912. The summed E-state index contributed by atoms with van der Waals surface area (Å²) >= 11 is 0. The van der Waals surface area contributed by atoms with Gasteiger partial charge in [0.1, 0.15) is 0 Å². The molecule has 0 aromatic heterocycles. The molecule has 1 saturated carbocycles. The maximum atomic E-state index is 6.13. The number of hydrogen-bond acceptors (Lipinski definition) is 4. The zero-order valence-corrected chi connectivity index (χ0v) is 11.6. The molecule has 0 amide bonds. The minimum atomic E-state index is 0.216. The second-order valence-electron chi connectivity index (χ2n) is 6.32. The number of nitrogens with two attached hydrogens (primary N) is 1. The molecule has 2 saturated heterocycles. The summed E-state index contributed by atoms with van der Waals surface area (Å²) in [5.74, 6) is 0. The van der Waals surface area contributed by atoms with Crippen LogP contribution in [0.2, 0.25) is 0 Å². The Morgan fingerprint density at radius 3 is 2.50 bits per heavy atom. The molecular weight excluding hydrogens is 226 g/mol. The fraction of sp³-hybridized carbons (Fsp3) is 1.00. The van der Waals surface area contributed by atoms with E-state index in [9.17, 15) is 0 Å². The quantitative estimate of drug-likeness (QED) is 0.802. The Labute approximate surface area is 110 Å². The van der Waals surface area contributed by atoms with E-state index in [0.717, 1.165) is 32.0 Å². The monoisotopic (exact) mass is 253 g/mol. The van der Waals surface area contributed by atoms with Crippen molar-refractivity contribution in [2.45, 2.75) is 50.3 Å². The Morgan fingerprint density at radius 1 is 1.22 bits per heavy atom. The first-order chi connectivity index (χ1) is 8.73.